The van der Waals surface area contributed by atoms with E-state index in [1.807, 2.05) is 13.8 Å². The lowest BCUT2D eigenvalue weighted by atomic mass is 9.88. The van der Waals surface area contributed by atoms with Crippen LogP contribution in [0.3, 0.4) is 0 Å². The minimum absolute atomic E-state index is 0.172. The third-order valence-electron chi connectivity index (χ3n) is 4.23. The summed E-state index contributed by atoms with van der Waals surface area (Å²) >= 11 is 0. The van der Waals surface area contributed by atoms with E-state index in [-0.39, 0.29) is 11.8 Å². The van der Waals surface area contributed by atoms with Gasteiger partial charge < -0.3 is 14.6 Å². The van der Waals surface area contributed by atoms with E-state index in [4.69, 9.17) is 14.6 Å². The molecule has 1 fully saturated rings. The fraction of sp³-hybridized carbons (Fsp3) is 0.533. The van der Waals surface area contributed by atoms with Crippen LogP contribution in [0.5, 0.6) is 11.5 Å². The van der Waals surface area contributed by atoms with Crippen LogP contribution in [-0.4, -0.2) is 24.3 Å². The smallest absolute Gasteiger partial charge is 0.304 e. The fourth-order valence-electron chi connectivity index (χ4n) is 2.84. The molecule has 0 unspecified atom stereocenters. The third-order valence-corrected chi connectivity index (χ3v) is 4.23. The van der Waals surface area contributed by atoms with E-state index in [0.29, 0.717) is 13.2 Å². The van der Waals surface area contributed by atoms with Gasteiger partial charge in [0.25, 0.3) is 0 Å². The maximum atomic E-state index is 11.1. The van der Waals surface area contributed by atoms with Gasteiger partial charge in [-0.25, -0.2) is 0 Å². The summed E-state index contributed by atoms with van der Waals surface area (Å²) in [5.74, 6) is 0.826. The molecule has 1 heterocycles. The van der Waals surface area contributed by atoms with Crippen LogP contribution in [0.1, 0.15) is 36.0 Å². The zero-order valence-electron chi connectivity index (χ0n) is 11.3. The summed E-state index contributed by atoms with van der Waals surface area (Å²) in [4.78, 5) is 11.1. The normalized spacial score (nSPS) is 19.1. The molecule has 0 atom stereocenters. The molecule has 0 radical (unpaired) electrons. The minimum Gasteiger partial charge on any atom is -0.486 e. The number of ether oxygens (including phenoxy) is 2. The molecule has 4 nitrogen and oxygen atoms in total. The van der Waals surface area contributed by atoms with Gasteiger partial charge in [-0.15, -0.1) is 0 Å². The summed E-state index contributed by atoms with van der Waals surface area (Å²) < 4.78 is 11.5. The standard InChI is InChI=1S/C15H18O4/c1-9-7-11(15(3-4-15)8-12(16)17)14-13(10(9)2)18-5-6-19-14/h7H,3-6,8H2,1-2H3,(H,16,17). The summed E-state index contributed by atoms with van der Waals surface area (Å²) in [7, 11) is 0. The van der Waals surface area contributed by atoms with Crippen molar-refractivity contribution in [2.75, 3.05) is 13.2 Å². The van der Waals surface area contributed by atoms with Crippen LogP contribution in [0.2, 0.25) is 0 Å². The maximum absolute atomic E-state index is 11.1. The van der Waals surface area contributed by atoms with Crippen LogP contribution >= 0.6 is 0 Å². The molecule has 19 heavy (non-hydrogen) atoms. The highest BCUT2D eigenvalue weighted by molar-refractivity contribution is 5.71. The lowest BCUT2D eigenvalue weighted by molar-refractivity contribution is -0.137. The topological polar surface area (TPSA) is 55.8 Å². The van der Waals surface area contributed by atoms with Gasteiger partial charge in [-0.3, -0.25) is 4.79 Å². The van der Waals surface area contributed by atoms with Crippen LogP contribution in [0.25, 0.3) is 0 Å². The lowest BCUT2D eigenvalue weighted by Crippen LogP contribution is -2.21. The van der Waals surface area contributed by atoms with Crippen molar-refractivity contribution in [1.29, 1.82) is 0 Å². The molecule has 1 aromatic rings. The molecule has 1 saturated carbocycles. The number of carboxylic acids is 1. The molecule has 102 valence electrons. The summed E-state index contributed by atoms with van der Waals surface area (Å²) in [6.07, 6.45) is 2.00. The average Bonchev–Trinajstić information content (AvgIpc) is 3.13. The van der Waals surface area contributed by atoms with Crippen molar-refractivity contribution in [2.24, 2.45) is 0 Å². The SMILES string of the molecule is Cc1cc(C2(CC(=O)O)CC2)c2c(c1C)OCCO2. The van der Waals surface area contributed by atoms with E-state index in [0.717, 1.165) is 41.0 Å². The first-order valence-electron chi connectivity index (χ1n) is 6.65. The Labute approximate surface area is 112 Å². The van der Waals surface area contributed by atoms with Gasteiger partial charge in [-0.2, -0.15) is 0 Å². The molecular formula is C15H18O4. The number of hydrogen-bond donors (Lipinski definition) is 1. The summed E-state index contributed by atoms with van der Waals surface area (Å²) in [5.41, 5.74) is 3.00. The van der Waals surface area contributed by atoms with Crippen LogP contribution < -0.4 is 9.47 Å². The predicted octanol–water partition coefficient (Wildman–Crippen LogP) is 2.58. The molecule has 1 aliphatic carbocycles. The largest absolute Gasteiger partial charge is 0.486 e. The molecule has 0 saturated heterocycles. The Balaban J connectivity index is 2.11. The highest BCUT2D eigenvalue weighted by Crippen LogP contribution is 2.56. The van der Waals surface area contributed by atoms with Gasteiger partial charge in [0, 0.05) is 11.0 Å². The number of carboxylic acid groups (broad SMARTS) is 1. The van der Waals surface area contributed by atoms with Crippen molar-refractivity contribution >= 4 is 5.97 Å². The van der Waals surface area contributed by atoms with E-state index in [1.165, 1.54) is 0 Å². The van der Waals surface area contributed by atoms with Crippen molar-refractivity contribution in [3.8, 4) is 11.5 Å². The fourth-order valence-corrected chi connectivity index (χ4v) is 2.84. The first kappa shape index (κ1) is 12.3. The Hall–Kier alpha value is -1.71. The molecule has 0 bridgehead atoms. The Morgan fingerprint density at radius 3 is 2.47 bits per heavy atom. The predicted molar refractivity (Wildman–Crippen MR) is 70.1 cm³/mol. The third kappa shape index (κ3) is 1.95. The second-order valence-electron chi connectivity index (χ2n) is 5.57. The minimum atomic E-state index is -0.749. The number of carbonyl (C=O) groups is 1. The van der Waals surface area contributed by atoms with Gasteiger partial charge in [-0.05, 0) is 37.8 Å². The zero-order chi connectivity index (χ0) is 13.6. The van der Waals surface area contributed by atoms with Crippen molar-refractivity contribution < 1.29 is 19.4 Å². The van der Waals surface area contributed by atoms with E-state index < -0.39 is 5.97 Å². The van der Waals surface area contributed by atoms with Crippen molar-refractivity contribution in [3.63, 3.8) is 0 Å². The number of fused-ring (bicyclic) bond motifs is 1. The van der Waals surface area contributed by atoms with Gasteiger partial charge in [0.2, 0.25) is 0 Å². The molecule has 0 amide bonds. The Kier molecular flexibility index (Phi) is 2.69. The highest BCUT2D eigenvalue weighted by Gasteiger charge is 2.49. The second kappa shape index (κ2) is 4.15. The highest BCUT2D eigenvalue weighted by atomic mass is 16.6. The first-order valence-corrected chi connectivity index (χ1v) is 6.65. The van der Waals surface area contributed by atoms with Crippen molar-refractivity contribution in [3.05, 3.63) is 22.8 Å². The monoisotopic (exact) mass is 262 g/mol. The van der Waals surface area contributed by atoms with E-state index in [1.54, 1.807) is 0 Å². The van der Waals surface area contributed by atoms with E-state index in [2.05, 4.69) is 6.07 Å². The summed E-state index contributed by atoms with van der Waals surface area (Å²) in [6.45, 7) is 5.14. The van der Waals surface area contributed by atoms with Crippen LogP contribution in [0, 0.1) is 13.8 Å². The molecular weight excluding hydrogens is 244 g/mol. The Morgan fingerprint density at radius 1 is 1.26 bits per heavy atom. The van der Waals surface area contributed by atoms with E-state index in [9.17, 15) is 4.79 Å². The summed E-state index contributed by atoms with van der Waals surface area (Å²) in [5, 5.41) is 9.11. The summed E-state index contributed by atoms with van der Waals surface area (Å²) in [6, 6.07) is 2.08. The molecule has 0 aromatic heterocycles. The number of aryl methyl sites for hydroxylation is 1. The Morgan fingerprint density at radius 2 is 1.89 bits per heavy atom. The molecule has 4 heteroatoms. The molecule has 1 N–H and O–H groups in total. The maximum Gasteiger partial charge on any atom is 0.304 e. The van der Waals surface area contributed by atoms with Gasteiger partial charge in [0.1, 0.15) is 13.2 Å². The number of rotatable bonds is 3. The first-order chi connectivity index (χ1) is 9.03. The van der Waals surface area contributed by atoms with Gasteiger partial charge in [0.05, 0.1) is 6.42 Å². The van der Waals surface area contributed by atoms with Crippen LogP contribution in [0.4, 0.5) is 0 Å². The lowest BCUT2D eigenvalue weighted by Gasteiger charge is -2.27. The quantitative estimate of drug-likeness (QED) is 0.909. The zero-order valence-corrected chi connectivity index (χ0v) is 11.3. The van der Waals surface area contributed by atoms with Gasteiger partial charge in [-0.1, -0.05) is 6.07 Å². The van der Waals surface area contributed by atoms with Crippen molar-refractivity contribution in [1.82, 2.24) is 0 Å². The molecule has 0 spiro atoms. The van der Waals surface area contributed by atoms with Crippen LogP contribution in [0.15, 0.2) is 6.07 Å². The Bertz CT molecular complexity index is 544. The van der Waals surface area contributed by atoms with Gasteiger partial charge >= 0.3 is 5.97 Å². The van der Waals surface area contributed by atoms with Crippen LogP contribution in [-0.2, 0) is 10.2 Å². The molecule has 1 aliphatic heterocycles. The molecule has 1 aromatic carbocycles. The number of hydrogen-bond acceptors (Lipinski definition) is 3. The van der Waals surface area contributed by atoms with Crippen molar-refractivity contribution in [2.45, 2.75) is 38.5 Å². The molecule has 2 aliphatic rings. The molecule has 3 rings (SSSR count). The number of benzene rings is 1. The second-order valence-corrected chi connectivity index (χ2v) is 5.57. The van der Waals surface area contributed by atoms with Gasteiger partial charge in [0.15, 0.2) is 11.5 Å². The number of aliphatic carboxylic acids is 1. The van der Waals surface area contributed by atoms with E-state index >= 15 is 0 Å². The average molecular weight is 262 g/mol.